The molecule has 208 valence electrons. The van der Waals surface area contributed by atoms with Crippen LogP contribution in [0, 0.1) is 5.92 Å². The molecule has 2 aromatic rings. The molecule has 3 fully saturated rings. The van der Waals surface area contributed by atoms with Crippen molar-refractivity contribution < 1.29 is 39.5 Å². The number of carbonyl (C=O) groups is 3. The number of ether oxygens (including phenoxy) is 1. The molecular formula is C31H31NO8. The van der Waals surface area contributed by atoms with E-state index in [4.69, 9.17) is 14.9 Å². The number of ketones is 1. The predicted octanol–water partition coefficient (Wildman–Crippen LogP) is 2.93. The van der Waals surface area contributed by atoms with E-state index in [0.717, 1.165) is 42.1 Å². The van der Waals surface area contributed by atoms with E-state index in [0.29, 0.717) is 36.3 Å². The van der Waals surface area contributed by atoms with Gasteiger partial charge in [0.2, 0.25) is 0 Å². The number of hydrogen-bond donors (Lipinski definition) is 4. The number of aliphatic carboxylic acids is 2. The fourth-order valence-corrected chi connectivity index (χ4v) is 7.20. The summed E-state index contributed by atoms with van der Waals surface area (Å²) in [5, 5.41) is 38.8. The Labute approximate surface area is 231 Å². The third-order valence-corrected chi connectivity index (χ3v) is 9.04. The first-order valence-corrected chi connectivity index (χ1v) is 13.6. The standard InChI is InChI=1S/C27H27NO4.C4H4O4/c29-20-9-8-18-13-21-27(31)14-19(12-16-4-2-1-3-5-16)23(30)25-26(27,22(18)24(20)32-25)10-11-28(21)15-17-6-7-17;5-3(6)1-2-4(7)8/h1-5,8-9,12,17,21,25,29,31H,6-7,10-11,13-15H2;1-2H,(H,5,6)(H,7,8)/t21?,25-,26+,27-;/m0./s1. The van der Waals surface area contributed by atoms with Gasteiger partial charge in [0, 0.05) is 42.3 Å². The number of nitrogens with zero attached hydrogens (tertiary/aromatic N) is 1. The molecule has 7 rings (SSSR count). The highest BCUT2D eigenvalue weighted by atomic mass is 16.5. The van der Waals surface area contributed by atoms with Gasteiger partial charge in [-0.2, -0.15) is 0 Å². The number of aliphatic hydroxyl groups is 1. The van der Waals surface area contributed by atoms with Gasteiger partial charge in [-0.05, 0) is 61.4 Å². The van der Waals surface area contributed by atoms with E-state index in [2.05, 4.69) is 4.90 Å². The molecular weight excluding hydrogens is 514 g/mol. The van der Waals surface area contributed by atoms with Crippen molar-refractivity contribution in [3.8, 4) is 11.5 Å². The zero-order chi connectivity index (χ0) is 28.2. The Hall–Kier alpha value is -3.95. The second kappa shape index (κ2) is 9.60. The highest BCUT2D eigenvalue weighted by Gasteiger charge is 2.74. The first-order valence-electron chi connectivity index (χ1n) is 13.6. The molecule has 1 spiro atoms. The van der Waals surface area contributed by atoms with E-state index >= 15 is 0 Å². The van der Waals surface area contributed by atoms with Crippen molar-refractivity contribution in [2.24, 2.45) is 5.92 Å². The summed E-state index contributed by atoms with van der Waals surface area (Å²) >= 11 is 0. The van der Waals surface area contributed by atoms with Crippen molar-refractivity contribution in [2.45, 2.75) is 55.3 Å². The number of phenolic OH excluding ortho intramolecular Hbond substituents is 1. The number of likely N-dealkylation sites (tertiary alicyclic amines) is 1. The Bertz CT molecular complexity index is 1430. The number of benzene rings is 2. The summed E-state index contributed by atoms with van der Waals surface area (Å²) in [5.41, 5.74) is 1.67. The highest BCUT2D eigenvalue weighted by Crippen LogP contribution is 2.65. The number of phenols is 1. The van der Waals surface area contributed by atoms with Crippen molar-refractivity contribution in [3.63, 3.8) is 0 Å². The van der Waals surface area contributed by atoms with E-state index in [1.54, 1.807) is 6.07 Å². The monoisotopic (exact) mass is 545 g/mol. The Morgan fingerprint density at radius 3 is 2.40 bits per heavy atom. The minimum Gasteiger partial charge on any atom is -0.504 e. The maximum atomic E-state index is 13.8. The van der Waals surface area contributed by atoms with Crippen molar-refractivity contribution in [2.75, 3.05) is 13.1 Å². The molecule has 2 aromatic carbocycles. The predicted molar refractivity (Wildman–Crippen MR) is 144 cm³/mol. The molecule has 9 heteroatoms. The van der Waals surface area contributed by atoms with Crippen LogP contribution in [0.1, 0.15) is 42.4 Å². The van der Waals surface area contributed by atoms with Gasteiger partial charge in [-0.3, -0.25) is 9.69 Å². The fraction of sp³-hybridized carbons (Fsp3) is 0.387. The molecule has 2 aliphatic heterocycles. The van der Waals surface area contributed by atoms with Gasteiger partial charge in [0.05, 0.1) is 11.0 Å². The quantitative estimate of drug-likeness (QED) is 0.417. The molecule has 2 heterocycles. The Morgan fingerprint density at radius 2 is 1.75 bits per heavy atom. The highest BCUT2D eigenvalue weighted by molar-refractivity contribution is 6.06. The number of carbonyl (C=O) groups excluding carboxylic acids is 1. The van der Waals surface area contributed by atoms with Crippen LogP contribution in [0.5, 0.6) is 11.5 Å². The lowest BCUT2D eigenvalue weighted by Gasteiger charge is -2.62. The molecule has 40 heavy (non-hydrogen) atoms. The molecule has 0 aromatic heterocycles. The van der Waals surface area contributed by atoms with Gasteiger partial charge in [-0.25, -0.2) is 9.59 Å². The van der Waals surface area contributed by atoms with Crippen LogP contribution in [0.2, 0.25) is 0 Å². The molecule has 0 radical (unpaired) electrons. The van der Waals surface area contributed by atoms with Crippen molar-refractivity contribution >= 4 is 23.8 Å². The van der Waals surface area contributed by atoms with Crippen molar-refractivity contribution in [1.29, 1.82) is 0 Å². The second-order valence-corrected chi connectivity index (χ2v) is 11.4. The Morgan fingerprint density at radius 1 is 1.05 bits per heavy atom. The number of rotatable bonds is 5. The van der Waals surface area contributed by atoms with Crippen LogP contribution >= 0.6 is 0 Å². The Balaban J connectivity index is 0.000000319. The zero-order valence-corrected chi connectivity index (χ0v) is 21.8. The summed E-state index contributed by atoms with van der Waals surface area (Å²) in [5.74, 6) is -1.37. The molecule has 0 amide bonds. The molecule has 5 aliphatic rings. The lowest BCUT2D eigenvalue weighted by atomic mass is 9.48. The number of aromatic hydroxyl groups is 1. The van der Waals surface area contributed by atoms with E-state index in [9.17, 15) is 24.6 Å². The minimum atomic E-state index is -1.26. The van der Waals surface area contributed by atoms with Gasteiger partial charge < -0.3 is 25.2 Å². The fourth-order valence-electron chi connectivity index (χ4n) is 7.20. The van der Waals surface area contributed by atoms with Crippen molar-refractivity contribution in [1.82, 2.24) is 4.90 Å². The SMILES string of the molecule is O=C(O)C=CC(=O)O.O=C1C(=Cc2ccccc2)C[C@]2(O)C3Cc4ccc(O)c5c4[C@]2(CCN3CC2CC2)[C@H]1O5. The van der Waals surface area contributed by atoms with Gasteiger partial charge in [0.15, 0.2) is 23.4 Å². The van der Waals surface area contributed by atoms with Crippen LogP contribution < -0.4 is 4.74 Å². The van der Waals surface area contributed by atoms with Crippen LogP contribution in [0.15, 0.2) is 60.2 Å². The molecule has 2 saturated carbocycles. The summed E-state index contributed by atoms with van der Waals surface area (Å²) in [4.78, 5) is 35.4. The molecule has 4 atom stereocenters. The smallest absolute Gasteiger partial charge is 0.328 e. The lowest BCUT2D eigenvalue weighted by Crippen LogP contribution is -2.77. The first-order chi connectivity index (χ1) is 19.1. The van der Waals surface area contributed by atoms with Gasteiger partial charge in [0.1, 0.15) is 0 Å². The summed E-state index contributed by atoms with van der Waals surface area (Å²) in [6, 6.07) is 13.4. The number of carboxylic acid groups (broad SMARTS) is 2. The number of Topliss-reactive ketones (excluding diaryl/α,β-unsaturated/α-hetero) is 1. The van der Waals surface area contributed by atoms with E-state index < -0.39 is 29.1 Å². The molecule has 3 aliphatic carbocycles. The van der Waals surface area contributed by atoms with Gasteiger partial charge in [0.25, 0.3) is 0 Å². The topological polar surface area (TPSA) is 145 Å². The number of hydrogen-bond acceptors (Lipinski definition) is 7. The summed E-state index contributed by atoms with van der Waals surface area (Å²) < 4.78 is 6.26. The molecule has 4 N–H and O–H groups in total. The van der Waals surface area contributed by atoms with Crippen LogP contribution in [0.25, 0.3) is 6.08 Å². The van der Waals surface area contributed by atoms with E-state index in [1.807, 2.05) is 42.5 Å². The van der Waals surface area contributed by atoms with E-state index in [1.165, 1.54) is 12.8 Å². The second-order valence-electron chi connectivity index (χ2n) is 11.4. The third-order valence-electron chi connectivity index (χ3n) is 9.04. The van der Waals surface area contributed by atoms with Gasteiger partial charge in [-0.1, -0.05) is 36.4 Å². The summed E-state index contributed by atoms with van der Waals surface area (Å²) in [6.07, 6.45) is 6.49. The third kappa shape index (κ3) is 4.12. The summed E-state index contributed by atoms with van der Waals surface area (Å²) in [7, 11) is 0. The van der Waals surface area contributed by atoms with Crippen LogP contribution in [-0.2, 0) is 26.2 Å². The normalized spacial score (nSPS) is 30.8. The van der Waals surface area contributed by atoms with Crippen molar-refractivity contribution in [3.05, 3.63) is 76.9 Å². The Kier molecular flexibility index (Phi) is 6.31. The van der Waals surface area contributed by atoms with E-state index in [-0.39, 0.29) is 17.6 Å². The van der Waals surface area contributed by atoms with Gasteiger partial charge in [-0.15, -0.1) is 0 Å². The zero-order valence-electron chi connectivity index (χ0n) is 21.8. The van der Waals surface area contributed by atoms with Crippen LogP contribution in [0.3, 0.4) is 0 Å². The first kappa shape index (κ1) is 26.3. The average molecular weight is 546 g/mol. The molecule has 1 unspecified atom stereocenters. The minimum absolute atomic E-state index is 0.0572. The largest absolute Gasteiger partial charge is 0.504 e. The van der Waals surface area contributed by atoms with Crippen LogP contribution in [-0.4, -0.2) is 73.9 Å². The maximum absolute atomic E-state index is 13.8. The number of carboxylic acids is 2. The summed E-state index contributed by atoms with van der Waals surface area (Å²) in [6.45, 7) is 1.86. The average Bonchev–Trinajstić information content (AvgIpc) is 3.66. The number of piperidine rings is 1. The van der Waals surface area contributed by atoms with Gasteiger partial charge >= 0.3 is 11.9 Å². The maximum Gasteiger partial charge on any atom is 0.328 e. The molecule has 2 bridgehead atoms. The van der Waals surface area contributed by atoms with Crippen LogP contribution in [0.4, 0.5) is 0 Å². The molecule has 9 nitrogen and oxygen atoms in total. The molecule has 1 saturated heterocycles. The lowest BCUT2D eigenvalue weighted by molar-refractivity contribution is -0.179.